The Bertz CT molecular complexity index is 571. The van der Waals surface area contributed by atoms with Crippen molar-refractivity contribution >= 4 is 30.0 Å². The van der Waals surface area contributed by atoms with Gasteiger partial charge in [0.2, 0.25) is 5.91 Å². The Balaban J connectivity index is 1.97. The van der Waals surface area contributed by atoms with E-state index < -0.39 is 25.1 Å². The highest BCUT2D eigenvalue weighted by Crippen LogP contribution is 2.22. The number of thiophene rings is 1. The molecule has 0 radical (unpaired) electrons. The van der Waals surface area contributed by atoms with Crippen molar-refractivity contribution in [1.29, 1.82) is 0 Å². The molecule has 0 aromatic carbocycles. The molecule has 120 valence electrons. The molecule has 0 fully saturated rings. The lowest BCUT2D eigenvalue weighted by Crippen LogP contribution is -2.59. The van der Waals surface area contributed by atoms with Gasteiger partial charge in [0, 0.05) is 10.8 Å². The SMILES string of the molecule is O=C(O)CC1=CCC[C@H](NC(=O)Cc2cccs2)[B-](O)(O)O1. The Hall–Kier alpha value is -1.84. The molecule has 22 heavy (non-hydrogen) atoms. The van der Waals surface area contributed by atoms with Gasteiger partial charge in [-0.1, -0.05) is 18.6 Å². The van der Waals surface area contributed by atoms with Crippen LogP contribution in [-0.4, -0.2) is 39.7 Å². The summed E-state index contributed by atoms with van der Waals surface area (Å²) in [6.07, 6.45) is 1.86. The second-order valence-corrected chi connectivity index (χ2v) is 6.16. The number of carbonyl (C=O) groups excluding carboxylic acids is 1. The van der Waals surface area contributed by atoms with Crippen LogP contribution in [0.5, 0.6) is 0 Å². The predicted octanol–water partition coefficient (Wildman–Crippen LogP) is 0.407. The monoisotopic (exact) mass is 326 g/mol. The summed E-state index contributed by atoms with van der Waals surface area (Å²) in [7, 11) is 0. The first kappa shape index (κ1) is 16.5. The van der Waals surface area contributed by atoms with Gasteiger partial charge in [-0.2, -0.15) is 0 Å². The van der Waals surface area contributed by atoms with Crippen LogP contribution in [0.15, 0.2) is 29.3 Å². The van der Waals surface area contributed by atoms with Crippen LogP contribution in [0, 0.1) is 0 Å². The molecular formula is C13H17BNO6S-. The molecule has 1 aromatic rings. The highest BCUT2D eigenvalue weighted by atomic mass is 32.1. The summed E-state index contributed by atoms with van der Waals surface area (Å²) in [4.78, 5) is 23.5. The summed E-state index contributed by atoms with van der Waals surface area (Å²) in [6, 6.07) is 3.65. The van der Waals surface area contributed by atoms with Crippen molar-refractivity contribution in [3.8, 4) is 0 Å². The smallest absolute Gasteiger partial charge is 0.452 e. The first-order valence-corrected chi connectivity index (χ1v) is 7.75. The molecule has 0 unspecified atom stereocenters. The van der Waals surface area contributed by atoms with Gasteiger partial charge in [-0.15, -0.1) is 11.3 Å². The van der Waals surface area contributed by atoms with Crippen molar-refractivity contribution in [1.82, 2.24) is 5.32 Å². The molecule has 0 saturated carbocycles. The highest BCUT2D eigenvalue weighted by Gasteiger charge is 2.37. The van der Waals surface area contributed by atoms with Crippen LogP contribution in [0.3, 0.4) is 0 Å². The van der Waals surface area contributed by atoms with Gasteiger partial charge in [-0.3, -0.25) is 9.59 Å². The second kappa shape index (κ2) is 6.95. The molecule has 0 bridgehead atoms. The average Bonchev–Trinajstić information content (AvgIpc) is 2.84. The minimum Gasteiger partial charge on any atom is -0.672 e. The van der Waals surface area contributed by atoms with Crippen LogP contribution in [-0.2, 0) is 20.7 Å². The lowest BCUT2D eigenvalue weighted by molar-refractivity contribution is -0.136. The third-order valence-electron chi connectivity index (χ3n) is 3.29. The number of carbonyl (C=O) groups is 2. The summed E-state index contributed by atoms with van der Waals surface area (Å²) in [5.41, 5.74) is 0. The maximum atomic E-state index is 12.0. The summed E-state index contributed by atoms with van der Waals surface area (Å²) < 4.78 is 5.00. The highest BCUT2D eigenvalue weighted by molar-refractivity contribution is 7.10. The Morgan fingerprint density at radius 2 is 2.18 bits per heavy atom. The Morgan fingerprint density at radius 1 is 1.41 bits per heavy atom. The van der Waals surface area contributed by atoms with Gasteiger partial charge in [0.05, 0.1) is 18.6 Å². The van der Waals surface area contributed by atoms with Gasteiger partial charge in [-0.05, 0) is 17.9 Å². The molecule has 9 heteroatoms. The predicted molar refractivity (Wildman–Crippen MR) is 80.8 cm³/mol. The minimum absolute atomic E-state index is 0.00694. The third kappa shape index (κ3) is 4.59. The van der Waals surface area contributed by atoms with E-state index in [1.54, 1.807) is 0 Å². The normalized spacial score (nSPS) is 20.5. The summed E-state index contributed by atoms with van der Waals surface area (Å²) in [5.74, 6) is -2.45. The maximum absolute atomic E-state index is 12.0. The van der Waals surface area contributed by atoms with E-state index in [4.69, 9.17) is 9.76 Å². The lowest BCUT2D eigenvalue weighted by Gasteiger charge is -2.37. The molecular weight excluding hydrogens is 309 g/mol. The number of aliphatic carboxylic acids is 1. The third-order valence-corrected chi connectivity index (χ3v) is 4.16. The minimum atomic E-state index is -3.35. The quantitative estimate of drug-likeness (QED) is 0.582. The van der Waals surface area contributed by atoms with E-state index >= 15 is 0 Å². The van der Waals surface area contributed by atoms with Crippen LogP contribution >= 0.6 is 11.3 Å². The topological polar surface area (TPSA) is 116 Å². The molecule has 2 heterocycles. The van der Waals surface area contributed by atoms with Crippen LogP contribution < -0.4 is 5.32 Å². The van der Waals surface area contributed by atoms with E-state index in [2.05, 4.69) is 5.32 Å². The van der Waals surface area contributed by atoms with Gasteiger partial charge in [-0.25, -0.2) is 0 Å². The van der Waals surface area contributed by atoms with E-state index in [-0.39, 0.29) is 24.5 Å². The van der Waals surface area contributed by atoms with Gasteiger partial charge in [0.25, 0.3) is 0 Å². The number of carboxylic acids is 1. The first-order chi connectivity index (χ1) is 10.4. The molecule has 1 aromatic heterocycles. The zero-order valence-electron chi connectivity index (χ0n) is 11.8. The first-order valence-electron chi connectivity index (χ1n) is 6.87. The van der Waals surface area contributed by atoms with Gasteiger partial charge < -0.3 is 25.1 Å². The molecule has 7 nitrogen and oxygen atoms in total. The van der Waals surface area contributed by atoms with Gasteiger partial charge >= 0.3 is 12.7 Å². The van der Waals surface area contributed by atoms with Crippen molar-refractivity contribution in [2.75, 3.05) is 0 Å². The van der Waals surface area contributed by atoms with Gasteiger partial charge in [0.15, 0.2) is 0 Å². The molecule has 1 atom stereocenters. The van der Waals surface area contributed by atoms with E-state index in [1.165, 1.54) is 17.4 Å². The molecule has 0 spiro atoms. The largest absolute Gasteiger partial charge is 0.672 e. The van der Waals surface area contributed by atoms with Crippen LogP contribution in [0.1, 0.15) is 24.1 Å². The molecule has 2 rings (SSSR count). The zero-order chi connectivity index (χ0) is 16.2. The van der Waals surface area contributed by atoms with E-state index in [1.807, 2.05) is 17.5 Å². The van der Waals surface area contributed by atoms with Crippen molar-refractivity contribution in [3.05, 3.63) is 34.2 Å². The molecule has 1 aliphatic rings. The Labute approximate surface area is 131 Å². The van der Waals surface area contributed by atoms with Crippen molar-refractivity contribution in [3.63, 3.8) is 0 Å². The van der Waals surface area contributed by atoms with Crippen LogP contribution in [0.4, 0.5) is 0 Å². The number of hydrogen-bond donors (Lipinski definition) is 4. The molecule has 0 saturated heterocycles. The Kier molecular flexibility index (Phi) is 5.22. The van der Waals surface area contributed by atoms with E-state index in [9.17, 15) is 19.6 Å². The van der Waals surface area contributed by atoms with E-state index in [0.29, 0.717) is 6.42 Å². The number of nitrogens with one attached hydrogen (secondary N) is 1. The van der Waals surface area contributed by atoms with Crippen molar-refractivity contribution < 1.29 is 29.4 Å². The van der Waals surface area contributed by atoms with Crippen LogP contribution in [0.25, 0.3) is 0 Å². The number of allylic oxidation sites excluding steroid dienone is 1. The maximum Gasteiger partial charge on any atom is 0.452 e. The number of rotatable bonds is 5. The fourth-order valence-corrected chi connectivity index (χ4v) is 2.97. The van der Waals surface area contributed by atoms with Crippen LogP contribution in [0.2, 0.25) is 0 Å². The summed E-state index contributed by atoms with van der Waals surface area (Å²) in [5, 5.41) is 33.2. The number of amides is 1. The molecule has 1 aliphatic heterocycles. The van der Waals surface area contributed by atoms with Crippen molar-refractivity contribution in [2.45, 2.75) is 31.6 Å². The number of hydrogen-bond acceptors (Lipinski definition) is 6. The summed E-state index contributed by atoms with van der Waals surface area (Å²) >= 11 is 1.44. The van der Waals surface area contributed by atoms with E-state index in [0.717, 1.165) is 4.88 Å². The Morgan fingerprint density at radius 3 is 2.82 bits per heavy atom. The number of carboxylic acid groups (broad SMARTS) is 1. The lowest BCUT2D eigenvalue weighted by atomic mass is 9.67. The second-order valence-electron chi connectivity index (χ2n) is 5.13. The van der Waals surface area contributed by atoms with Gasteiger partial charge in [0.1, 0.15) is 0 Å². The summed E-state index contributed by atoms with van der Waals surface area (Å²) in [6.45, 7) is -3.35. The zero-order valence-corrected chi connectivity index (χ0v) is 12.6. The fraction of sp³-hybridized carbons (Fsp3) is 0.385. The molecule has 1 amide bonds. The molecule has 4 N–H and O–H groups in total. The van der Waals surface area contributed by atoms with Crippen molar-refractivity contribution in [2.24, 2.45) is 0 Å². The standard InChI is InChI=1S/C13H17BNO6S/c16-12(8-10-4-2-6-22-10)15-11-5-1-3-9(7-13(17)18)21-14(11,19)20/h2-4,6,11,19-20H,1,5,7-8H2,(H,15,16)(H,17,18)/q-1/t11-/m0/s1. The average molecular weight is 326 g/mol. The fourth-order valence-electron chi connectivity index (χ4n) is 2.27. The molecule has 0 aliphatic carbocycles.